The first-order chi connectivity index (χ1) is 11.7. The van der Waals surface area contributed by atoms with Crippen LogP contribution in [0.4, 0.5) is 0 Å². The van der Waals surface area contributed by atoms with Crippen molar-refractivity contribution < 1.29 is 28.2 Å². The summed E-state index contributed by atoms with van der Waals surface area (Å²) in [6.07, 6.45) is 0.760. The number of sulfone groups is 1. The van der Waals surface area contributed by atoms with Crippen molar-refractivity contribution in [2.75, 3.05) is 13.2 Å². The number of hydrogen-bond acceptors (Lipinski definition) is 5. The second kappa shape index (κ2) is 6.26. The summed E-state index contributed by atoms with van der Waals surface area (Å²) < 4.78 is 25.7. The molecule has 1 aromatic carbocycles. The van der Waals surface area contributed by atoms with Gasteiger partial charge in [0.15, 0.2) is 9.84 Å². The van der Waals surface area contributed by atoms with Gasteiger partial charge in [-0.15, -0.1) is 0 Å². The van der Waals surface area contributed by atoms with Crippen LogP contribution >= 0.6 is 11.6 Å². The van der Waals surface area contributed by atoms with E-state index in [1.807, 2.05) is 0 Å². The molecule has 0 spiro atoms. The van der Waals surface area contributed by atoms with Crippen LogP contribution in [0.2, 0.25) is 5.02 Å². The summed E-state index contributed by atoms with van der Waals surface area (Å²) in [7, 11) is -3.89. The maximum atomic E-state index is 12.9. The van der Waals surface area contributed by atoms with E-state index in [1.165, 1.54) is 18.2 Å². The lowest BCUT2D eigenvalue weighted by Crippen LogP contribution is -2.45. The van der Waals surface area contributed by atoms with E-state index in [9.17, 15) is 28.2 Å². The zero-order chi connectivity index (χ0) is 18.4. The largest absolute Gasteiger partial charge is 0.480 e. The molecular formula is C16H18ClNO6S. The molecule has 136 valence electrons. The summed E-state index contributed by atoms with van der Waals surface area (Å²) in [5.41, 5.74) is -0.948. The van der Waals surface area contributed by atoms with E-state index in [0.29, 0.717) is 12.8 Å². The van der Waals surface area contributed by atoms with Crippen molar-refractivity contribution in [3.63, 3.8) is 0 Å². The highest BCUT2D eigenvalue weighted by Gasteiger charge is 2.56. The minimum atomic E-state index is -3.89. The normalized spacial score (nSPS) is 25.0. The van der Waals surface area contributed by atoms with Gasteiger partial charge in [-0.2, -0.15) is 0 Å². The van der Waals surface area contributed by atoms with Crippen molar-refractivity contribution in [1.29, 1.82) is 0 Å². The lowest BCUT2D eigenvalue weighted by atomic mass is 10.1. The van der Waals surface area contributed by atoms with Gasteiger partial charge in [0.1, 0.15) is 6.04 Å². The summed E-state index contributed by atoms with van der Waals surface area (Å²) in [5.74, 6) is -1.74. The summed E-state index contributed by atoms with van der Waals surface area (Å²) in [6, 6.07) is 4.74. The first-order valence-electron chi connectivity index (χ1n) is 7.86. The lowest BCUT2D eigenvalue weighted by molar-refractivity contribution is -0.151. The van der Waals surface area contributed by atoms with E-state index < -0.39 is 38.4 Å². The second-order valence-electron chi connectivity index (χ2n) is 6.58. The van der Waals surface area contributed by atoms with Gasteiger partial charge in [-0.1, -0.05) is 23.7 Å². The molecule has 1 heterocycles. The molecule has 1 amide bonds. The number of amides is 1. The molecule has 7 nitrogen and oxygen atoms in total. The van der Waals surface area contributed by atoms with Crippen LogP contribution in [0.25, 0.3) is 0 Å². The molecule has 1 aliphatic carbocycles. The van der Waals surface area contributed by atoms with E-state index in [1.54, 1.807) is 6.07 Å². The number of aliphatic hydroxyl groups excluding tert-OH is 1. The third-order valence-corrected chi connectivity index (χ3v) is 7.63. The Bertz CT molecular complexity index is 820. The molecule has 2 N–H and O–H groups in total. The van der Waals surface area contributed by atoms with Gasteiger partial charge >= 0.3 is 5.97 Å². The Morgan fingerprint density at radius 2 is 1.92 bits per heavy atom. The second-order valence-corrected chi connectivity index (χ2v) is 9.19. The number of likely N-dealkylation sites (tertiary alicyclic amines) is 1. The molecule has 1 aliphatic heterocycles. The zero-order valence-electron chi connectivity index (χ0n) is 13.3. The molecule has 2 fully saturated rings. The fraction of sp³-hybridized carbons (Fsp3) is 0.500. The Hall–Kier alpha value is -1.64. The Kier molecular flexibility index (Phi) is 4.55. The zero-order valence-corrected chi connectivity index (χ0v) is 14.8. The van der Waals surface area contributed by atoms with Crippen LogP contribution in [0.3, 0.4) is 0 Å². The molecule has 9 heteroatoms. The highest BCUT2D eigenvalue weighted by molar-refractivity contribution is 7.92. The Morgan fingerprint density at radius 1 is 1.28 bits per heavy atom. The number of aliphatic carboxylic acids is 1. The number of rotatable bonds is 5. The predicted molar refractivity (Wildman–Crippen MR) is 88.9 cm³/mol. The van der Waals surface area contributed by atoms with Crippen molar-refractivity contribution in [3.8, 4) is 0 Å². The summed E-state index contributed by atoms with van der Waals surface area (Å²) in [5, 5.41) is 17.9. The highest BCUT2D eigenvalue weighted by Crippen LogP contribution is 2.48. The molecule has 1 aromatic rings. The number of hydrogen-bond donors (Lipinski definition) is 2. The third-order valence-electron chi connectivity index (χ3n) is 5.00. The lowest BCUT2D eigenvalue weighted by Gasteiger charge is -2.25. The van der Waals surface area contributed by atoms with Crippen molar-refractivity contribution in [1.82, 2.24) is 4.90 Å². The molecular weight excluding hydrogens is 370 g/mol. The number of aliphatic hydroxyl groups is 1. The van der Waals surface area contributed by atoms with E-state index in [0.717, 1.165) is 4.90 Å². The van der Waals surface area contributed by atoms with E-state index in [-0.39, 0.29) is 29.5 Å². The fourth-order valence-electron chi connectivity index (χ4n) is 3.23. The average molecular weight is 388 g/mol. The van der Waals surface area contributed by atoms with Crippen LogP contribution < -0.4 is 0 Å². The van der Waals surface area contributed by atoms with E-state index >= 15 is 0 Å². The molecule has 1 saturated heterocycles. The maximum absolute atomic E-state index is 12.9. The van der Waals surface area contributed by atoms with Crippen LogP contribution in [-0.4, -0.2) is 59.9 Å². The number of nitrogens with zero attached hydrogens (tertiary/aromatic N) is 1. The number of halogens is 1. The Morgan fingerprint density at radius 3 is 2.44 bits per heavy atom. The number of carbonyl (C=O) groups excluding carboxylic acids is 1. The summed E-state index contributed by atoms with van der Waals surface area (Å²) in [6.45, 7) is -0.582. The SMILES string of the molecule is O=C(O)[C@@H]1C[C@@H](S(=O)(=O)c2ccccc2Cl)CN1C(=O)C1(CO)CC1. The van der Waals surface area contributed by atoms with Gasteiger partial charge < -0.3 is 15.1 Å². The molecule has 2 atom stereocenters. The Labute approximate surface area is 150 Å². The molecule has 0 bridgehead atoms. The summed E-state index contributed by atoms with van der Waals surface area (Å²) >= 11 is 5.98. The first-order valence-corrected chi connectivity index (χ1v) is 9.78. The van der Waals surface area contributed by atoms with Gasteiger partial charge in [0.2, 0.25) is 5.91 Å². The van der Waals surface area contributed by atoms with Crippen molar-refractivity contribution >= 4 is 33.3 Å². The minimum absolute atomic E-state index is 0.0631. The molecule has 0 radical (unpaired) electrons. The van der Waals surface area contributed by atoms with Gasteiger partial charge in [0.25, 0.3) is 0 Å². The van der Waals surface area contributed by atoms with Crippen molar-refractivity contribution in [2.24, 2.45) is 5.41 Å². The molecule has 1 saturated carbocycles. The molecule has 0 aromatic heterocycles. The number of carboxylic acids is 1. The monoisotopic (exact) mass is 387 g/mol. The van der Waals surface area contributed by atoms with Gasteiger partial charge in [-0.3, -0.25) is 4.79 Å². The van der Waals surface area contributed by atoms with Gasteiger partial charge in [-0.25, -0.2) is 13.2 Å². The first kappa shape index (κ1) is 18.2. The van der Waals surface area contributed by atoms with Crippen LogP contribution in [0.5, 0.6) is 0 Å². The van der Waals surface area contributed by atoms with Gasteiger partial charge in [0.05, 0.1) is 27.2 Å². The van der Waals surface area contributed by atoms with Gasteiger partial charge in [-0.05, 0) is 31.4 Å². The molecule has 2 aliphatic rings. The van der Waals surface area contributed by atoms with Crippen LogP contribution in [0.1, 0.15) is 19.3 Å². The van der Waals surface area contributed by atoms with E-state index in [2.05, 4.69) is 0 Å². The topological polar surface area (TPSA) is 112 Å². The van der Waals surface area contributed by atoms with Crippen LogP contribution in [0.15, 0.2) is 29.2 Å². The van der Waals surface area contributed by atoms with Crippen LogP contribution in [-0.2, 0) is 19.4 Å². The molecule has 3 rings (SSSR count). The van der Waals surface area contributed by atoms with E-state index in [4.69, 9.17) is 11.6 Å². The average Bonchev–Trinajstić information content (AvgIpc) is 3.23. The third kappa shape index (κ3) is 3.02. The van der Waals surface area contributed by atoms with Crippen molar-refractivity contribution in [2.45, 2.75) is 35.4 Å². The fourth-order valence-corrected chi connectivity index (χ4v) is 5.45. The highest BCUT2D eigenvalue weighted by atomic mass is 35.5. The Balaban J connectivity index is 1.91. The number of carboxylic acid groups (broad SMARTS) is 1. The number of carbonyl (C=O) groups is 2. The smallest absolute Gasteiger partial charge is 0.326 e. The molecule has 25 heavy (non-hydrogen) atoms. The standard InChI is InChI=1S/C16H18ClNO6S/c17-11-3-1-2-4-13(11)25(23,24)10-7-12(14(20)21)18(8-10)15(22)16(9-19)5-6-16/h1-4,10,12,19H,5-9H2,(H,20,21)/t10-,12+/m1/s1. The maximum Gasteiger partial charge on any atom is 0.326 e. The summed E-state index contributed by atoms with van der Waals surface area (Å²) in [4.78, 5) is 25.2. The van der Waals surface area contributed by atoms with Crippen molar-refractivity contribution in [3.05, 3.63) is 29.3 Å². The molecule has 0 unspecified atom stereocenters. The predicted octanol–water partition coefficient (Wildman–Crippen LogP) is 0.940. The van der Waals surface area contributed by atoms with Gasteiger partial charge in [0, 0.05) is 6.54 Å². The quantitative estimate of drug-likeness (QED) is 0.777. The van der Waals surface area contributed by atoms with Crippen LogP contribution in [0, 0.1) is 5.41 Å². The number of benzene rings is 1. The minimum Gasteiger partial charge on any atom is -0.480 e.